The molecule has 4 heteroatoms. The molecule has 0 aliphatic heterocycles. The van der Waals surface area contributed by atoms with Gasteiger partial charge < -0.3 is 10.3 Å². The second kappa shape index (κ2) is 5.43. The van der Waals surface area contributed by atoms with Crippen molar-refractivity contribution in [2.45, 2.75) is 6.54 Å². The van der Waals surface area contributed by atoms with E-state index in [4.69, 9.17) is 11.6 Å². The molecule has 3 aromatic rings. The average molecular weight is 383 g/mol. The standard InChI is InChI=1S/C15H12ClIN2/c16-11-1-6-14-10(9-19-15(14)7-11)8-18-13-4-2-12(17)3-5-13/h1-7,9,18-19H,8H2. The second-order valence-electron chi connectivity index (χ2n) is 4.36. The molecule has 2 aromatic carbocycles. The van der Waals surface area contributed by atoms with Crippen molar-refractivity contribution in [3.63, 3.8) is 0 Å². The summed E-state index contributed by atoms with van der Waals surface area (Å²) in [6.45, 7) is 0.794. The van der Waals surface area contributed by atoms with Gasteiger partial charge in [-0.15, -0.1) is 0 Å². The number of anilines is 1. The van der Waals surface area contributed by atoms with Crippen LogP contribution in [0.4, 0.5) is 5.69 Å². The van der Waals surface area contributed by atoms with Crippen LogP contribution in [0.1, 0.15) is 5.56 Å². The first-order valence-corrected chi connectivity index (χ1v) is 7.43. The van der Waals surface area contributed by atoms with E-state index < -0.39 is 0 Å². The van der Waals surface area contributed by atoms with Crippen molar-refractivity contribution in [2.24, 2.45) is 0 Å². The molecule has 0 atom stereocenters. The van der Waals surface area contributed by atoms with Gasteiger partial charge in [0.25, 0.3) is 0 Å². The van der Waals surface area contributed by atoms with Gasteiger partial charge in [-0.2, -0.15) is 0 Å². The van der Waals surface area contributed by atoms with Gasteiger partial charge in [0.05, 0.1) is 0 Å². The topological polar surface area (TPSA) is 27.8 Å². The summed E-state index contributed by atoms with van der Waals surface area (Å²) in [7, 11) is 0. The minimum Gasteiger partial charge on any atom is -0.381 e. The molecule has 96 valence electrons. The van der Waals surface area contributed by atoms with Crippen LogP contribution in [0.5, 0.6) is 0 Å². The van der Waals surface area contributed by atoms with E-state index in [-0.39, 0.29) is 0 Å². The summed E-state index contributed by atoms with van der Waals surface area (Å²) >= 11 is 8.28. The second-order valence-corrected chi connectivity index (χ2v) is 6.05. The number of nitrogens with one attached hydrogen (secondary N) is 2. The summed E-state index contributed by atoms with van der Waals surface area (Å²) in [5, 5.41) is 5.39. The lowest BCUT2D eigenvalue weighted by molar-refractivity contribution is 1.16. The Hall–Kier alpha value is -1.20. The van der Waals surface area contributed by atoms with Crippen LogP contribution in [-0.2, 0) is 6.54 Å². The highest BCUT2D eigenvalue weighted by Gasteiger charge is 2.03. The SMILES string of the molecule is Clc1ccc2c(CNc3ccc(I)cc3)c[nH]c2c1. The fourth-order valence-corrected chi connectivity index (χ4v) is 2.60. The van der Waals surface area contributed by atoms with E-state index in [1.165, 1.54) is 14.5 Å². The molecular formula is C15H12ClIN2. The third-order valence-corrected chi connectivity index (χ3v) is 4.01. The highest BCUT2D eigenvalue weighted by molar-refractivity contribution is 14.1. The maximum atomic E-state index is 5.98. The first-order chi connectivity index (χ1) is 9.22. The number of benzene rings is 2. The van der Waals surface area contributed by atoms with Crippen LogP contribution in [0.2, 0.25) is 5.02 Å². The van der Waals surface area contributed by atoms with Crippen molar-refractivity contribution in [1.82, 2.24) is 4.98 Å². The molecule has 0 saturated heterocycles. The van der Waals surface area contributed by atoms with Gasteiger partial charge in [-0.3, -0.25) is 0 Å². The Labute approximate surface area is 130 Å². The number of hydrogen-bond donors (Lipinski definition) is 2. The van der Waals surface area contributed by atoms with Crippen LogP contribution in [0.15, 0.2) is 48.7 Å². The Morgan fingerprint density at radius 2 is 1.89 bits per heavy atom. The van der Waals surface area contributed by atoms with E-state index in [1.54, 1.807) is 0 Å². The number of H-pyrrole nitrogens is 1. The van der Waals surface area contributed by atoms with Crippen molar-refractivity contribution in [3.8, 4) is 0 Å². The molecule has 1 heterocycles. The molecule has 0 amide bonds. The van der Waals surface area contributed by atoms with E-state index in [0.717, 1.165) is 22.8 Å². The van der Waals surface area contributed by atoms with Gasteiger partial charge in [0.1, 0.15) is 0 Å². The molecule has 0 unspecified atom stereocenters. The zero-order valence-electron chi connectivity index (χ0n) is 10.1. The molecule has 2 N–H and O–H groups in total. The van der Waals surface area contributed by atoms with Crippen molar-refractivity contribution >= 4 is 50.8 Å². The smallest absolute Gasteiger partial charge is 0.0472 e. The fraction of sp³-hybridized carbons (Fsp3) is 0.0667. The lowest BCUT2D eigenvalue weighted by Crippen LogP contribution is -1.98. The van der Waals surface area contributed by atoms with Crippen LogP contribution in [0.25, 0.3) is 10.9 Å². The Kier molecular flexibility index (Phi) is 3.66. The number of rotatable bonds is 3. The number of aromatic nitrogens is 1. The van der Waals surface area contributed by atoms with Crippen LogP contribution in [0, 0.1) is 3.57 Å². The van der Waals surface area contributed by atoms with E-state index >= 15 is 0 Å². The van der Waals surface area contributed by atoms with Gasteiger partial charge in [0, 0.05) is 37.9 Å². The Morgan fingerprint density at radius 1 is 1.11 bits per heavy atom. The quantitative estimate of drug-likeness (QED) is 0.610. The highest BCUT2D eigenvalue weighted by atomic mass is 127. The average Bonchev–Trinajstić information content (AvgIpc) is 2.80. The van der Waals surface area contributed by atoms with Crippen molar-refractivity contribution in [3.05, 3.63) is 62.8 Å². The molecular weight excluding hydrogens is 371 g/mol. The van der Waals surface area contributed by atoms with Crippen LogP contribution in [0.3, 0.4) is 0 Å². The first-order valence-electron chi connectivity index (χ1n) is 5.97. The largest absolute Gasteiger partial charge is 0.381 e. The summed E-state index contributed by atoms with van der Waals surface area (Å²) < 4.78 is 1.24. The van der Waals surface area contributed by atoms with Crippen molar-refractivity contribution in [2.75, 3.05) is 5.32 Å². The van der Waals surface area contributed by atoms with Gasteiger partial charge in [-0.05, 0) is 64.6 Å². The maximum absolute atomic E-state index is 5.98. The molecule has 0 saturated carbocycles. The monoisotopic (exact) mass is 382 g/mol. The maximum Gasteiger partial charge on any atom is 0.0472 e. The molecule has 1 aromatic heterocycles. The lowest BCUT2D eigenvalue weighted by atomic mass is 10.2. The third-order valence-electron chi connectivity index (χ3n) is 3.06. The first kappa shape index (κ1) is 12.8. The fourth-order valence-electron chi connectivity index (χ4n) is 2.07. The van der Waals surface area contributed by atoms with Gasteiger partial charge in [0.2, 0.25) is 0 Å². The molecule has 0 bridgehead atoms. The molecule has 0 aliphatic carbocycles. The van der Waals surface area contributed by atoms with Crippen molar-refractivity contribution < 1.29 is 0 Å². The van der Waals surface area contributed by atoms with Gasteiger partial charge in [0.15, 0.2) is 0 Å². The summed E-state index contributed by atoms with van der Waals surface area (Å²) in [6.07, 6.45) is 2.03. The highest BCUT2D eigenvalue weighted by Crippen LogP contribution is 2.23. The van der Waals surface area contributed by atoms with Crippen LogP contribution < -0.4 is 5.32 Å². The summed E-state index contributed by atoms with van der Waals surface area (Å²) in [6, 6.07) is 14.3. The lowest BCUT2D eigenvalue weighted by Gasteiger charge is -2.05. The zero-order chi connectivity index (χ0) is 13.2. The number of fused-ring (bicyclic) bond motifs is 1. The van der Waals surface area contributed by atoms with E-state index in [9.17, 15) is 0 Å². The zero-order valence-corrected chi connectivity index (χ0v) is 13.0. The Balaban J connectivity index is 1.80. The summed E-state index contributed by atoms with van der Waals surface area (Å²) in [4.78, 5) is 3.25. The predicted molar refractivity (Wildman–Crippen MR) is 89.8 cm³/mol. The molecule has 0 spiro atoms. The Morgan fingerprint density at radius 3 is 2.68 bits per heavy atom. The minimum atomic E-state index is 0.756. The van der Waals surface area contributed by atoms with Gasteiger partial charge in [-0.1, -0.05) is 17.7 Å². The molecule has 0 radical (unpaired) electrons. The van der Waals surface area contributed by atoms with E-state index in [1.807, 2.05) is 18.3 Å². The number of aromatic amines is 1. The van der Waals surface area contributed by atoms with Gasteiger partial charge >= 0.3 is 0 Å². The molecule has 19 heavy (non-hydrogen) atoms. The Bertz CT molecular complexity index is 704. The molecule has 0 fully saturated rings. The summed E-state index contributed by atoms with van der Waals surface area (Å²) in [5.41, 5.74) is 3.45. The summed E-state index contributed by atoms with van der Waals surface area (Å²) in [5.74, 6) is 0. The van der Waals surface area contributed by atoms with E-state index in [2.05, 4.69) is 63.2 Å². The van der Waals surface area contributed by atoms with E-state index in [0.29, 0.717) is 0 Å². The molecule has 0 aliphatic rings. The van der Waals surface area contributed by atoms with Crippen molar-refractivity contribution in [1.29, 1.82) is 0 Å². The molecule has 3 rings (SSSR count). The van der Waals surface area contributed by atoms with Gasteiger partial charge in [-0.25, -0.2) is 0 Å². The predicted octanol–water partition coefficient (Wildman–Crippen LogP) is 5.04. The number of halogens is 2. The third kappa shape index (κ3) is 2.87. The minimum absolute atomic E-state index is 0.756. The van der Waals surface area contributed by atoms with Crippen LogP contribution in [-0.4, -0.2) is 4.98 Å². The number of hydrogen-bond acceptors (Lipinski definition) is 1. The van der Waals surface area contributed by atoms with Crippen LogP contribution >= 0.6 is 34.2 Å². The molecule has 2 nitrogen and oxygen atoms in total. The normalized spacial score (nSPS) is 10.8.